The zero-order valence-electron chi connectivity index (χ0n) is 28.2. The van der Waals surface area contributed by atoms with Gasteiger partial charge in [0.1, 0.15) is 23.4 Å². The van der Waals surface area contributed by atoms with Gasteiger partial charge in [-0.15, -0.1) is 0 Å². The molecule has 264 valence electrons. The van der Waals surface area contributed by atoms with Gasteiger partial charge in [0.2, 0.25) is 0 Å². The number of methoxy groups -OCH3 is 3. The van der Waals surface area contributed by atoms with Crippen molar-refractivity contribution in [2.75, 3.05) is 60.8 Å². The fourth-order valence-electron chi connectivity index (χ4n) is 6.15. The summed E-state index contributed by atoms with van der Waals surface area (Å²) in [6.07, 6.45) is -0.644. The highest BCUT2D eigenvalue weighted by atomic mass is 19.1. The molecule has 0 amide bonds. The number of aliphatic hydroxyl groups is 1. The summed E-state index contributed by atoms with van der Waals surface area (Å²) in [4.78, 5) is 0. The summed E-state index contributed by atoms with van der Waals surface area (Å²) >= 11 is 0. The van der Waals surface area contributed by atoms with Crippen LogP contribution in [0.1, 0.15) is 29.0 Å². The zero-order chi connectivity index (χ0) is 34.6. The molecule has 1 saturated heterocycles. The molecule has 1 aliphatic rings. The molecule has 0 radical (unpaired) electrons. The molecule has 1 fully saturated rings. The summed E-state index contributed by atoms with van der Waals surface area (Å²) in [5.74, 6) is -0.0918. The molecule has 1 heterocycles. The van der Waals surface area contributed by atoms with E-state index in [0.717, 1.165) is 33.7 Å². The Bertz CT molecular complexity index is 1620. The summed E-state index contributed by atoms with van der Waals surface area (Å²) in [7, 11) is 4.55. The SMILES string of the molecule is COC[C@@H](O)CO[C@@H]1CNCC(OCc2cc(OC)c3ccccc3c2)[C@H]1c1ccc(OCCCOCc2cc(F)cc(F)c2OC)cc1. The first kappa shape index (κ1) is 36.4. The van der Waals surface area contributed by atoms with Crippen molar-refractivity contribution in [3.05, 3.63) is 101 Å². The molecule has 9 nitrogen and oxygen atoms in total. The standard InChI is InChI=1S/C38H45F2NO8/c1-43-23-30(42)24-49-36-20-41-19-35(48-21-25-15-27-7-4-5-8-32(27)34(16-25)44-2)37(36)26-9-11-31(12-10-26)47-14-6-13-46-22-28-17-29(39)18-33(40)38(28)45-3/h4-5,7-12,15-18,30,35-37,41-42H,6,13-14,19-24H2,1-3H3/t30-,35?,36-,37-/m1/s1. The Morgan fingerprint density at radius 3 is 2.37 bits per heavy atom. The maximum Gasteiger partial charge on any atom is 0.168 e. The maximum atomic E-state index is 13.9. The van der Waals surface area contributed by atoms with E-state index in [9.17, 15) is 13.9 Å². The van der Waals surface area contributed by atoms with E-state index in [-0.39, 0.29) is 43.7 Å². The van der Waals surface area contributed by atoms with Gasteiger partial charge in [-0.3, -0.25) is 0 Å². The predicted octanol–water partition coefficient (Wildman–Crippen LogP) is 5.79. The second-order valence-corrected chi connectivity index (χ2v) is 11.9. The second-order valence-electron chi connectivity index (χ2n) is 11.9. The Morgan fingerprint density at radius 2 is 1.61 bits per heavy atom. The summed E-state index contributed by atoms with van der Waals surface area (Å²) in [5.41, 5.74) is 2.34. The highest BCUT2D eigenvalue weighted by Gasteiger charge is 2.36. The van der Waals surface area contributed by atoms with Crippen LogP contribution in [0.15, 0.2) is 72.8 Å². The van der Waals surface area contributed by atoms with E-state index in [2.05, 4.69) is 17.4 Å². The van der Waals surface area contributed by atoms with Crippen LogP contribution in [0.25, 0.3) is 10.8 Å². The van der Waals surface area contributed by atoms with Crippen LogP contribution in [0, 0.1) is 11.6 Å². The average molecular weight is 682 g/mol. The van der Waals surface area contributed by atoms with Crippen molar-refractivity contribution in [1.82, 2.24) is 5.32 Å². The lowest BCUT2D eigenvalue weighted by Crippen LogP contribution is -2.51. The number of aliphatic hydroxyl groups excluding tert-OH is 1. The third-order valence-electron chi connectivity index (χ3n) is 8.44. The summed E-state index contributed by atoms with van der Waals surface area (Å²) in [5, 5.41) is 15.9. The summed E-state index contributed by atoms with van der Waals surface area (Å²) in [6.45, 7) is 2.68. The molecule has 1 unspecified atom stereocenters. The Hall–Kier alpha value is -3.84. The molecule has 0 aliphatic carbocycles. The number of hydrogen-bond acceptors (Lipinski definition) is 9. The molecule has 11 heteroatoms. The van der Waals surface area contributed by atoms with Gasteiger partial charge in [0, 0.05) is 49.6 Å². The van der Waals surface area contributed by atoms with E-state index < -0.39 is 17.7 Å². The minimum atomic E-state index is -0.762. The highest BCUT2D eigenvalue weighted by molar-refractivity contribution is 5.89. The lowest BCUT2D eigenvalue weighted by atomic mass is 9.85. The Kier molecular flexibility index (Phi) is 13.6. The molecule has 0 saturated carbocycles. The molecule has 0 spiro atoms. The van der Waals surface area contributed by atoms with E-state index in [1.54, 1.807) is 14.2 Å². The van der Waals surface area contributed by atoms with Crippen LogP contribution in [-0.2, 0) is 32.2 Å². The number of ether oxygens (including phenoxy) is 7. The van der Waals surface area contributed by atoms with Gasteiger partial charge in [-0.2, -0.15) is 0 Å². The molecular formula is C38H45F2NO8. The molecule has 4 atom stereocenters. The normalized spacial score (nSPS) is 18.4. The lowest BCUT2D eigenvalue weighted by Gasteiger charge is -2.39. The Labute approximate surface area is 286 Å². The molecule has 2 N–H and O–H groups in total. The minimum Gasteiger partial charge on any atom is -0.496 e. The van der Waals surface area contributed by atoms with Gasteiger partial charge in [-0.05, 0) is 46.8 Å². The van der Waals surface area contributed by atoms with Crippen LogP contribution in [0.5, 0.6) is 17.2 Å². The monoisotopic (exact) mass is 681 g/mol. The van der Waals surface area contributed by atoms with Crippen molar-refractivity contribution in [3.63, 3.8) is 0 Å². The third-order valence-corrected chi connectivity index (χ3v) is 8.44. The number of hydrogen-bond donors (Lipinski definition) is 2. The number of rotatable bonds is 18. The number of piperidine rings is 1. The fourth-order valence-corrected chi connectivity index (χ4v) is 6.15. The van der Waals surface area contributed by atoms with Crippen LogP contribution in [0.4, 0.5) is 8.78 Å². The van der Waals surface area contributed by atoms with E-state index in [4.69, 9.17) is 33.2 Å². The van der Waals surface area contributed by atoms with E-state index in [0.29, 0.717) is 50.6 Å². The van der Waals surface area contributed by atoms with Crippen LogP contribution in [0.3, 0.4) is 0 Å². The number of halogens is 2. The lowest BCUT2D eigenvalue weighted by molar-refractivity contribution is -0.0856. The van der Waals surface area contributed by atoms with Crippen molar-refractivity contribution < 1.29 is 47.0 Å². The third kappa shape index (κ3) is 9.87. The predicted molar refractivity (Wildman–Crippen MR) is 181 cm³/mol. The maximum absolute atomic E-state index is 13.9. The van der Waals surface area contributed by atoms with Gasteiger partial charge in [0.15, 0.2) is 11.6 Å². The molecular weight excluding hydrogens is 636 g/mol. The minimum absolute atomic E-state index is 0.0200. The largest absolute Gasteiger partial charge is 0.496 e. The first-order valence-electron chi connectivity index (χ1n) is 16.4. The molecule has 49 heavy (non-hydrogen) atoms. The van der Waals surface area contributed by atoms with Crippen molar-refractivity contribution in [2.45, 2.75) is 43.9 Å². The Morgan fingerprint density at radius 1 is 0.837 bits per heavy atom. The van der Waals surface area contributed by atoms with E-state index >= 15 is 0 Å². The topological polar surface area (TPSA) is 96.9 Å². The molecule has 4 aromatic rings. The van der Waals surface area contributed by atoms with Crippen molar-refractivity contribution in [2.24, 2.45) is 0 Å². The molecule has 0 bridgehead atoms. The molecule has 5 rings (SSSR count). The van der Waals surface area contributed by atoms with Crippen LogP contribution < -0.4 is 19.5 Å². The van der Waals surface area contributed by atoms with Crippen LogP contribution in [-0.4, -0.2) is 84.3 Å². The number of fused-ring (bicyclic) bond motifs is 1. The number of nitrogens with one attached hydrogen (secondary N) is 1. The van der Waals surface area contributed by atoms with Crippen LogP contribution >= 0.6 is 0 Å². The Balaban J connectivity index is 1.20. The molecule has 4 aromatic carbocycles. The van der Waals surface area contributed by atoms with Crippen molar-refractivity contribution in [1.29, 1.82) is 0 Å². The zero-order valence-corrected chi connectivity index (χ0v) is 28.2. The van der Waals surface area contributed by atoms with Gasteiger partial charge in [0.05, 0.1) is 66.1 Å². The molecule has 1 aliphatic heterocycles. The van der Waals surface area contributed by atoms with Crippen LogP contribution in [0.2, 0.25) is 0 Å². The quantitative estimate of drug-likeness (QED) is 0.127. The molecule has 0 aromatic heterocycles. The summed E-state index contributed by atoms with van der Waals surface area (Å²) < 4.78 is 67.7. The van der Waals surface area contributed by atoms with Gasteiger partial charge >= 0.3 is 0 Å². The van der Waals surface area contributed by atoms with E-state index in [1.165, 1.54) is 13.2 Å². The van der Waals surface area contributed by atoms with Gasteiger partial charge in [0.25, 0.3) is 0 Å². The first-order valence-corrected chi connectivity index (χ1v) is 16.4. The van der Waals surface area contributed by atoms with Gasteiger partial charge in [-0.25, -0.2) is 8.78 Å². The fraction of sp³-hybridized carbons (Fsp3) is 0.421. The second kappa shape index (κ2) is 18.2. The van der Waals surface area contributed by atoms with Crippen molar-refractivity contribution in [3.8, 4) is 17.2 Å². The first-order chi connectivity index (χ1) is 23.9. The summed E-state index contributed by atoms with van der Waals surface area (Å²) in [6, 6.07) is 22.1. The van der Waals surface area contributed by atoms with E-state index in [1.807, 2.05) is 48.5 Å². The van der Waals surface area contributed by atoms with Gasteiger partial charge < -0.3 is 43.6 Å². The smallest absolute Gasteiger partial charge is 0.168 e. The van der Waals surface area contributed by atoms with Crippen molar-refractivity contribution >= 4 is 10.8 Å². The highest BCUT2D eigenvalue weighted by Crippen LogP contribution is 2.33. The average Bonchev–Trinajstić information content (AvgIpc) is 3.11. The number of benzene rings is 4. The van der Waals surface area contributed by atoms with Gasteiger partial charge in [-0.1, -0.05) is 36.4 Å².